The maximum absolute atomic E-state index is 13.2. The Morgan fingerprint density at radius 1 is 1.09 bits per heavy atom. The maximum Gasteiger partial charge on any atom is 0.248 e. The Balaban J connectivity index is 1.43. The SMILES string of the molecule is N#Cc1c(N2C(=O)C[C@@H](Sc3cccc(N)c3)C2=O)sc2c1CC[C@H](c1ccccc1)C2. The Bertz CT molecular complexity index is 1250. The molecule has 160 valence electrons. The lowest BCUT2D eigenvalue weighted by molar-refractivity contribution is -0.121. The van der Waals surface area contributed by atoms with E-state index in [1.165, 1.54) is 33.6 Å². The maximum atomic E-state index is 13.2. The summed E-state index contributed by atoms with van der Waals surface area (Å²) in [6, 6.07) is 20.0. The molecule has 7 heteroatoms. The first-order valence-corrected chi connectivity index (χ1v) is 12.2. The molecule has 0 bridgehead atoms. The lowest BCUT2D eigenvalue weighted by atomic mass is 9.83. The number of thiophene rings is 1. The zero-order chi connectivity index (χ0) is 22.2. The number of hydrogen-bond donors (Lipinski definition) is 1. The Kier molecular flexibility index (Phi) is 5.50. The van der Waals surface area contributed by atoms with Gasteiger partial charge in [0.15, 0.2) is 0 Å². The van der Waals surface area contributed by atoms with Gasteiger partial charge in [-0.15, -0.1) is 23.1 Å². The number of rotatable bonds is 4. The predicted molar refractivity (Wildman–Crippen MR) is 128 cm³/mol. The second-order valence-electron chi connectivity index (χ2n) is 8.10. The molecule has 3 aromatic rings. The molecule has 2 atom stereocenters. The van der Waals surface area contributed by atoms with Crippen LogP contribution in [-0.4, -0.2) is 17.1 Å². The minimum Gasteiger partial charge on any atom is -0.399 e. The Hall–Kier alpha value is -3.08. The third-order valence-corrected chi connectivity index (χ3v) is 8.49. The lowest BCUT2D eigenvalue weighted by Gasteiger charge is -2.22. The standard InChI is InChI=1S/C25H21N3O2S2/c26-14-20-19-10-9-16(15-5-2-1-3-6-15)11-21(19)32-25(20)28-23(29)13-22(24(28)30)31-18-8-4-7-17(27)12-18/h1-8,12,16,22H,9-11,13,27H2/t16-,22+/m0/s1. The van der Waals surface area contributed by atoms with Gasteiger partial charge >= 0.3 is 0 Å². The first-order chi connectivity index (χ1) is 15.5. The molecule has 2 N–H and O–H groups in total. The number of anilines is 2. The quantitative estimate of drug-likeness (QED) is 0.443. The van der Waals surface area contributed by atoms with Crippen molar-refractivity contribution in [2.75, 3.05) is 10.6 Å². The Labute approximate surface area is 194 Å². The number of nitriles is 1. The van der Waals surface area contributed by atoms with Crippen LogP contribution in [0, 0.1) is 11.3 Å². The minimum atomic E-state index is -0.507. The molecule has 1 fully saturated rings. The number of thioether (sulfide) groups is 1. The second-order valence-corrected chi connectivity index (χ2v) is 10.5. The van der Waals surface area contributed by atoms with E-state index in [0.29, 0.717) is 22.2 Å². The number of hydrogen-bond acceptors (Lipinski definition) is 6. The molecular formula is C25H21N3O2S2. The third kappa shape index (κ3) is 3.70. The number of nitrogen functional groups attached to an aromatic ring is 1. The van der Waals surface area contributed by atoms with Crippen LogP contribution in [0.2, 0.25) is 0 Å². The van der Waals surface area contributed by atoms with Crippen molar-refractivity contribution in [2.24, 2.45) is 0 Å². The fourth-order valence-corrected chi connectivity index (χ4v) is 7.04. The molecule has 0 saturated carbocycles. The topological polar surface area (TPSA) is 87.2 Å². The number of fused-ring (bicyclic) bond motifs is 1. The molecule has 2 heterocycles. The Morgan fingerprint density at radius 3 is 2.66 bits per heavy atom. The van der Waals surface area contributed by atoms with E-state index in [1.54, 1.807) is 12.1 Å². The van der Waals surface area contributed by atoms with Gasteiger partial charge in [-0.3, -0.25) is 9.59 Å². The van der Waals surface area contributed by atoms with E-state index < -0.39 is 5.25 Å². The summed E-state index contributed by atoms with van der Waals surface area (Å²) in [5, 5.41) is 9.89. The first kappa shape index (κ1) is 20.8. The summed E-state index contributed by atoms with van der Waals surface area (Å²) in [7, 11) is 0. The summed E-state index contributed by atoms with van der Waals surface area (Å²) in [6.45, 7) is 0. The van der Waals surface area contributed by atoms with Crippen molar-refractivity contribution in [1.29, 1.82) is 5.26 Å². The number of carbonyl (C=O) groups is 2. The molecule has 0 spiro atoms. The molecule has 5 rings (SSSR count). The number of benzene rings is 2. The van der Waals surface area contributed by atoms with Crippen molar-refractivity contribution in [1.82, 2.24) is 0 Å². The van der Waals surface area contributed by atoms with Crippen LogP contribution in [0.25, 0.3) is 0 Å². The van der Waals surface area contributed by atoms with E-state index in [9.17, 15) is 14.9 Å². The zero-order valence-corrected chi connectivity index (χ0v) is 18.9. The highest BCUT2D eigenvalue weighted by molar-refractivity contribution is 8.00. The number of nitrogens with two attached hydrogens (primary N) is 1. The summed E-state index contributed by atoms with van der Waals surface area (Å²) in [6.07, 6.45) is 2.69. The first-order valence-electron chi connectivity index (χ1n) is 10.5. The number of imide groups is 1. The monoisotopic (exact) mass is 459 g/mol. The zero-order valence-electron chi connectivity index (χ0n) is 17.3. The normalized spacial score (nSPS) is 20.3. The van der Waals surface area contributed by atoms with E-state index in [2.05, 4.69) is 18.2 Å². The van der Waals surface area contributed by atoms with Gasteiger partial charge in [-0.25, -0.2) is 4.90 Å². The molecule has 1 aromatic heterocycles. The number of nitrogens with zero attached hydrogens (tertiary/aromatic N) is 2. The average molecular weight is 460 g/mol. The van der Waals surface area contributed by atoms with Crippen LogP contribution in [0.5, 0.6) is 0 Å². The molecule has 1 aliphatic heterocycles. The highest BCUT2D eigenvalue weighted by Crippen LogP contribution is 2.45. The van der Waals surface area contributed by atoms with Crippen molar-refractivity contribution in [2.45, 2.75) is 41.7 Å². The van der Waals surface area contributed by atoms with E-state index in [-0.39, 0.29) is 18.2 Å². The van der Waals surface area contributed by atoms with Gasteiger partial charge in [0.1, 0.15) is 11.1 Å². The van der Waals surface area contributed by atoms with Crippen molar-refractivity contribution < 1.29 is 9.59 Å². The van der Waals surface area contributed by atoms with Crippen LogP contribution in [-0.2, 0) is 22.4 Å². The predicted octanol–water partition coefficient (Wildman–Crippen LogP) is 4.90. The fraction of sp³-hybridized carbons (Fsp3) is 0.240. The van der Waals surface area contributed by atoms with Gasteiger partial charge in [-0.2, -0.15) is 5.26 Å². The largest absolute Gasteiger partial charge is 0.399 e. The van der Waals surface area contributed by atoms with Gasteiger partial charge < -0.3 is 5.73 Å². The van der Waals surface area contributed by atoms with E-state index in [0.717, 1.165) is 34.6 Å². The van der Waals surface area contributed by atoms with Gasteiger partial charge in [0, 0.05) is 21.9 Å². The van der Waals surface area contributed by atoms with Crippen molar-refractivity contribution in [3.63, 3.8) is 0 Å². The third-order valence-electron chi connectivity index (χ3n) is 6.07. The number of carbonyl (C=O) groups excluding carboxylic acids is 2. The molecule has 2 aliphatic rings. The molecule has 0 unspecified atom stereocenters. The highest BCUT2D eigenvalue weighted by Gasteiger charge is 2.43. The molecule has 1 aliphatic carbocycles. The van der Waals surface area contributed by atoms with Crippen LogP contribution in [0.4, 0.5) is 10.7 Å². The van der Waals surface area contributed by atoms with Gasteiger partial charge in [-0.05, 0) is 54.5 Å². The minimum absolute atomic E-state index is 0.123. The molecule has 2 aromatic carbocycles. The lowest BCUT2D eigenvalue weighted by Crippen LogP contribution is -2.31. The summed E-state index contributed by atoms with van der Waals surface area (Å²) < 4.78 is 0. The van der Waals surface area contributed by atoms with Gasteiger partial charge in [0.05, 0.1) is 10.8 Å². The van der Waals surface area contributed by atoms with Crippen LogP contribution >= 0.6 is 23.1 Å². The molecular weight excluding hydrogens is 438 g/mol. The Morgan fingerprint density at radius 2 is 1.91 bits per heavy atom. The average Bonchev–Trinajstić information content (AvgIpc) is 3.29. The summed E-state index contributed by atoms with van der Waals surface area (Å²) in [4.78, 5) is 29.3. The van der Waals surface area contributed by atoms with Crippen molar-refractivity contribution in [3.05, 3.63) is 76.2 Å². The van der Waals surface area contributed by atoms with Crippen LogP contribution < -0.4 is 10.6 Å². The van der Waals surface area contributed by atoms with Crippen LogP contribution in [0.1, 0.15) is 40.3 Å². The van der Waals surface area contributed by atoms with Gasteiger partial charge in [0.2, 0.25) is 11.8 Å². The number of amides is 2. The van der Waals surface area contributed by atoms with Crippen molar-refractivity contribution in [3.8, 4) is 6.07 Å². The molecule has 5 nitrogen and oxygen atoms in total. The molecule has 1 saturated heterocycles. The van der Waals surface area contributed by atoms with Gasteiger partial charge in [0.25, 0.3) is 0 Å². The highest BCUT2D eigenvalue weighted by atomic mass is 32.2. The summed E-state index contributed by atoms with van der Waals surface area (Å²) in [5.41, 5.74) is 9.26. The van der Waals surface area contributed by atoms with E-state index in [1.807, 2.05) is 30.3 Å². The van der Waals surface area contributed by atoms with Crippen LogP contribution in [0.3, 0.4) is 0 Å². The fourth-order valence-electron chi connectivity index (χ4n) is 4.52. The van der Waals surface area contributed by atoms with E-state index in [4.69, 9.17) is 5.73 Å². The summed E-state index contributed by atoms with van der Waals surface area (Å²) >= 11 is 2.78. The smallest absolute Gasteiger partial charge is 0.248 e. The van der Waals surface area contributed by atoms with Crippen LogP contribution in [0.15, 0.2) is 59.5 Å². The molecule has 0 radical (unpaired) electrons. The second kappa shape index (κ2) is 8.45. The van der Waals surface area contributed by atoms with Crippen molar-refractivity contribution >= 4 is 45.6 Å². The molecule has 32 heavy (non-hydrogen) atoms. The molecule has 2 amide bonds. The summed E-state index contributed by atoms with van der Waals surface area (Å²) in [5.74, 6) is -0.109. The van der Waals surface area contributed by atoms with Gasteiger partial charge in [-0.1, -0.05) is 36.4 Å². The van der Waals surface area contributed by atoms with E-state index >= 15 is 0 Å².